The van der Waals surface area contributed by atoms with Gasteiger partial charge in [-0.25, -0.2) is 0 Å². The molecule has 84 valence electrons. The second-order valence-corrected chi connectivity index (χ2v) is 4.58. The van der Waals surface area contributed by atoms with Crippen molar-refractivity contribution in [1.29, 1.82) is 0 Å². The van der Waals surface area contributed by atoms with Crippen molar-refractivity contribution in [3.8, 4) is 0 Å². The van der Waals surface area contributed by atoms with E-state index >= 15 is 0 Å². The van der Waals surface area contributed by atoms with Crippen LogP contribution in [0.3, 0.4) is 0 Å². The third kappa shape index (κ3) is 14.2. The topological polar surface area (TPSA) is 32.3 Å². The number of carbonyl (C=O) groups excluding carboxylic acids is 1. The summed E-state index contributed by atoms with van der Waals surface area (Å²) in [6, 6.07) is 0. The lowest BCUT2D eigenvalue weighted by Crippen LogP contribution is -2.30. The van der Waals surface area contributed by atoms with Crippen LogP contribution in [0.5, 0.6) is 0 Å². The molecule has 0 saturated heterocycles. The van der Waals surface area contributed by atoms with Crippen LogP contribution in [-0.2, 0) is 4.79 Å². The normalized spacial score (nSPS) is 11.4. The number of halogens is 1. The van der Waals surface area contributed by atoms with Gasteiger partial charge in [-0.15, -0.1) is 0 Å². The van der Waals surface area contributed by atoms with Crippen molar-refractivity contribution in [1.82, 2.24) is 10.2 Å². The number of nitrogens with one attached hydrogen (secondary N) is 1. The molecule has 1 unspecified atom stereocenters. The number of nitrogens with zero attached hydrogens (tertiary/aromatic N) is 1. The SMILES string of the molecule is C=C(C)C(=O)NC(Br)CC.CN(C)C. The molecule has 1 atom stereocenters. The van der Waals surface area contributed by atoms with Crippen molar-refractivity contribution >= 4 is 21.8 Å². The molecule has 0 aliphatic rings. The van der Waals surface area contributed by atoms with Gasteiger partial charge in [0.25, 0.3) is 0 Å². The molecule has 0 aromatic rings. The van der Waals surface area contributed by atoms with E-state index in [1.807, 2.05) is 33.0 Å². The summed E-state index contributed by atoms with van der Waals surface area (Å²) in [5.41, 5.74) is 0.540. The van der Waals surface area contributed by atoms with Gasteiger partial charge in [-0.3, -0.25) is 4.79 Å². The van der Waals surface area contributed by atoms with E-state index in [9.17, 15) is 4.79 Å². The Morgan fingerprint density at radius 2 is 1.86 bits per heavy atom. The molecule has 14 heavy (non-hydrogen) atoms. The lowest BCUT2D eigenvalue weighted by atomic mass is 10.3. The van der Waals surface area contributed by atoms with Gasteiger partial charge in [-0.05, 0) is 34.5 Å². The minimum Gasteiger partial charge on any atom is -0.340 e. The first-order valence-corrected chi connectivity index (χ1v) is 5.44. The average Bonchev–Trinajstić information content (AvgIpc) is 2.02. The maximum atomic E-state index is 10.9. The lowest BCUT2D eigenvalue weighted by molar-refractivity contribution is -0.117. The first-order chi connectivity index (χ1) is 6.31. The molecule has 0 radical (unpaired) electrons. The van der Waals surface area contributed by atoms with Crippen molar-refractivity contribution < 1.29 is 4.79 Å². The molecule has 4 heteroatoms. The Hall–Kier alpha value is -0.350. The lowest BCUT2D eigenvalue weighted by Gasteiger charge is -2.08. The first kappa shape index (κ1) is 16.1. The van der Waals surface area contributed by atoms with Crippen LogP contribution >= 0.6 is 15.9 Å². The highest BCUT2D eigenvalue weighted by Gasteiger charge is 2.05. The summed E-state index contributed by atoms with van der Waals surface area (Å²) < 4.78 is 0. The minimum absolute atomic E-state index is 0.0664. The van der Waals surface area contributed by atoms with E-state index in [1.165, 1.54) is 0 Å². The minimum atomic E-state index is -0.0938. The number of rotatable bonds is 3. The van der Waals surface area contributed by atoms with Crippen LogP contribution in [0.4, 0.5) is 0 Å². The fourth-order valence-corrected chi connectivity index (χ4v) is 0.575. The van der Waals surface area contributed by atoms with E-state index in [1.54, 1.807) is 6.92 Å². The molecule has 0 bridgehead atoms. The highest BCUT2D eigenvalue weighted by atomic mass is 79.9. The van der Waals surface area contributed by atoms with Crippen LogP contribution in [-0.4, -0.2) is 36.9 Å². The Balaban J connectivity index is 0. The zero-order valence-corrected chi connectivity index (χ0v) is 11.3. The predicted octanol–water partition coefficient (Wildman–Crippen LogP) is 1.99. The van der Waals surface area contributed by atoms with E-state index in [0.717, 1.165) is 6.42 Å². The van der Waals surface area contributed by atoms with Gasteiger partial charge >= 0.3 is 0 Å². The highest BCUT2D eigenvalue weighted by Crippen LogP contribution is 2.00. The summed E-state index contributed by atoms with van der Waals surface area (Å²) >= 11 is 3.27. The van der Waals surface area contributed by atoms with E-state index in [2.05, 4.69) is 27.8 Å². The summed E-state index contributed by atoms with van der Waals surface area (Å²) in [5, 5.41) is 2.71. The smallest absolute Gasteiger partial charge is 0.247 e. The van der Waals surface area contributed by atoms with E-state index in [4.69, 9.17) is 0 Å². The molecule has 0 aromatic heterocycles. The van der Waals surface area contributed by atoms with E-state index in [-0.39, 0.29) is 10.9 Å². The zero-order chi connectivity index (χ0) is 11.7. The summed E-state index contributed by atoms with van der Waals surface area (Å²) in [7, 11) is 6.00. The molecular weight excluding hydrogens is 244 g/mol. The Kier molecular flexibility index (Phi) is 10.6. The fourth-order valence-electron chi connectivity index (χ4n) is 0.368. The number of hydrogen-bond acceptors (Lipinski definition) is 2. The van der Waals surface area contributed by atoms with Crippen molar-refractivity contribution in [2.45, 2.75) is 25.2 Å². The average molecular weight is 265 g/mol. The molecule has 1 amide bonds. The Labute approximate surface area is 95.7 Å². The van der Waals surface area contributed by atoms with Gasteiger partial charge in [0, 0.05) is 5.57 Å². The van der Waals surface area contributed by atoms with Gasteiger partial charge in [-0.1, -0.05) is 29.4 Å². The van der Waals surface area contributed by atoms with Gasteiger partial charge in [0.15, 0.2) is 0 Å². The fraction of sp³-hybridized carbons (Fsp3) is 0.700. The van der Waals surface area contributed by atoms with Crippen molar-refractivity contribution in [2.75, 3.05) is 21.1 Å². The molecule has 0 heterocycles. The van der Waals surface area contributed by atoms with Gasteiger partial charge in [0.05, 0.1) is 4.95 Å². The maximum absolute atomic E-state index is 10.9. The molecule has 0 aliphatic carbocycles. The van der Waals surface area contributed by atoms with Gasteiger partial charge in [-0.2, -0.15) is 0 Å². The standard InChI is InChI=1S/C7H12BrNO.C3H9N/c1-4-6(8)9-7(10)5(2)3;1-4(2)3/h6H,2,4H2,1,3H3,(H,9,10);1-3H3. The molecule has 0 fully saturated rings. The van der Waals surface area contributed by atoms with Crippen LogP contribution in [0.25, 0.3) is 0 Å². The number of alkyl halides is 1. The van der Waals surface area contributed by atoms with Crippen molar-refractivity contribution in [2.24, 2.45) is 0 Å². The second-order valence-electron chi connectivity index (χ2n) is 3.47. The molecule has 3 nitrogen and oxygen atoms in total. The van der Waals surface area contributed by atoms with Crippen LogP contribution in [0, 0.1) is 0 Å². The predicted molar refractivity (Wildman–Crippen MR) is 65.6 cm³/mol. The number of hydrogen-bond donors (Lipinski definition) is 1. The summed E-state index contributed by atoms with van der Waals surface area (Å²) in [6.07, 6.45) is 0.874. The third-order valence-electron chi connectivity index (χ3n) is 1.03. The molecule has 0 rings (SSSR count). The molecule has 0 aromatic carbocycles. The van der Waals surface area contributed by atoms with E-state index < -0.39 is 0 Å². The Morgan fingerprint density at radius 1 is 1.50 bits per heavy atom. The van der Waals surface area contributed by atoms with Crippen molar-refractivity contribution in [3.05, 3.63) is 12.2 Å². The largest absolute Gasteiger partial charge is 0.340 e. The van der Waals surface area contributed by atoms with Gasteiger partial charge in [0.2, 0.25) is 5.91 Å². The van der Waals surface area contributed by atoms with Crippen LogP contribution in [0.15, 0.2) is 12.2 Å². The quantitative estimate of drug-likeness (QED) is 0.481. The van der Waals surface area contributed by atoms with Crippen LogP contribution < -0.4 is 5.32 Å². The number of carbonyl (C=O) groups is 1. The van der Waals surface area contributed by atoms with Crippen LogP contribution in [0.2, 0.25) is 0 Å². The van der Waals surface area contributed by atoms with Crippen LogP contribution in [0.1, 0.15) is 20.3 Å². The summed E-state index contributed by atoms with van der Waals surface area (Å²) in [4.78, 5) is 12.9. The number of amides is 1. The maximum Gasteiger partial charge on any atom is 0.247 e. The van der Waals surface area contributed by atoms with Crippen molar-refractivity contribution in [3.63, 3.8) is 0 Å². The monoisotopic (exact) mass is 264 g/mol. The molecule has 1 N–H and O–H groups in total. The highest BCUT2D eigenvalue weighted by molar-refractivity contribution is 9.09. The molecule has 0 saturated carbocycles. The van der Waals surface area contributed by atoms with Gasteiger partial charge in [0.1, 0.15) is 0 Å². The second kappa shape index (κ2) is 9.21. The van der Waals surface area contributed by atoms with Gasteiger partial charge < -0.3 is 10.2 Å². The van der Waals surface area contributed by atoms with E-state index in [0.29, 0.717) is 5.57 Å². The molecular formula is C10H21BrN2O. The Morgan fingerprint density at radius 3 is 2.07 bits per heavy atom. The first-order valence-electron chi connectivity index (χ1n) is 4.52. The molecule has 0 spiro atoms. The summed E-state index contributed by atoms with van der Waals surface area (Å²) in [5.74, 6) is -0.0938. The summed E-state index contributed by atoms with van der Waals surface area (Å²) in [6.45, 7) is 7.18. The third-order valence-corrected chi connectivity index (χ3v) is 1.91. The Bertz CT molecular complexity index is 178. The molecule has 0 aliphatic heterocycles. The zero-order valence-electron chi connectivity index (χ0n) is 9.72.